The molecule has 0 aromatic heterocycles. The minimum Gasteiger partial charge on any atom is -0.391 e. The van der Waals surface area contributed by atoms with Gasteiger partial charge in [-0.15, -0.1) is 0 Å². The molecule has 14 heavy (non-hydrogen) atoms. The number of hydrogen-bond donors (Lipinski definition) is 2. The molecule has 2 aliphatic heterocycles. The zero-order valence-corrected chi connectivity index (χ0v) is 8.51. The molecule has 5 nitrogen and oxygen atoms in total. The normalized spacial score (nSPS) is 47.8. The smallest absolute Gasteiger partial charge is 0.190 e. The Balaban J connectivity index is 2.08. The van der Waals surface area contributed by atoms with Crippen LogP contribution >= 0.6 is 0 Å². The summed E-state index contributed by atoms with van der Waals surface area (Å²) in [5, 5.41) is 19.1. The minimum absolute atomic E-state index is 0.496. The van der Waals surface area contributed by atoms with Crippen LogP contribution in [-0.2, 0) is 14.2 Å². The molecule has 5 heteroatoms. The van der Waals surface area contributed by atoms with E-state index in [-0.39, 0.29) is 0 Å². The highest BCUT2D eigenvalue weighted by atomic mass is 16.8. The molecule has 0 aliphatic carbocycles. The quantitative estimate of drug-likeness (QED) is 0.608. The third kappa shape index (κ3) is 1.55. The highest BCUT2D eigenvalue weighted by Gasteiger charge is 2.55. The van der Waals surface area contributed by atoms with Crippen LogP contribution in [0.5, 0.6) is 0 Å². The van der Waals surface area contributed by atoms with Crippen LogP contribution in [0.4, 0.5) is 0 Å². The average molecular weight is 204 g/mol. The van der Waals surface area contributed by atoms with E-state index in [1.54, 1.807) is 20.8 Å². The van der Waals surface area contributed by atoms with Crippen LogP contribution < -0.4 is 0 Å². The Hall–Kier alpha value is -0.200. The van der Waals surface area contributed by atoms with Gasteiger partial charge in [-0.25, -0.2) is 0 Å². The van der Waals surface area contributed by atoms with Gasteiger partial charge in [0.25, 0.3) is 0 Å². The zero-order valence-electron chi connectivity index (χ0n) is 8.51. The summed E-state index contributed by atoms with van der Waals surface area (Å²) >= 11 is 0. The molecule has 0 amide bonds. The van der Waals surface area contributed by atoms with Crippen molar-refractivity contribution in [3.05, 3.63) is 0 Å². The predicted octanol–water partition coefficient (Wildman–Crippen LogP) is -0.396. The van der Waals surface area contributed by atoms with E-state index in [1.807, 2.05) is 0 Å². The molecule has 0 radical (unpaired) electrons. The summed E-state index contributed by atoms with van der Waals surface area (Å²) in [6.45, 7) is 5.09. The van der Waals surface area contributed by atoms with Crippen molar-refractivity contribution in [3.8, 4) is 0 Å². The van der Waals surface area contributed by atoms with Crippen molar-refractivity contribution in [2.24, 2.45) is 0 Å². The van der Waals surface area contributed by atoms with Crippen molar-refractivity contribution in [1.82, 2.24) is 0 Å². The van der Waals surface area contributed by atoms with Crippen molar-refractivity contribution in [2.45, 2.75) is 57.3 Å². The van der Waals surface area contributed by atoms with E-state index >= 15 is 0 Å². The lowest BCUT2D eigenvalue weighted by atomic mass is 10.1. The second-order valence-corrected chi connectivity index (χ2v) is 4.30. The van der Waals surface area contributed by atoms with Crippen LogP contribution in [0.1, 0.15) is 20.8 Å². The van der Waals surface area contributed by atoms with Crippen LogP contribution in [-0.4, -0.2) is 46.7 Å². The lowest BCUT2D eigenvalue weighted by molar-refractivity contribution is -0.224. The van der Waals surface area contributed by atoms with Gasteiger partial charge in [0.2, 0.25) is 0 Å². The average Bonchev–Trinajstić information content (AvgIpc) is 2.46. The molecule has 0 saturated carbocycles. The number of fused-ring (bicyclic) bond motifs is 1. The Labute approximate surface area is 82.6 Å². The summed E-state index contributed by atoms with van der Waals surface area (Å²) in [6.07, 6.45) is -3.25. The van der Waals surface area contributed by atoms with Gasteiger partial charge in [0.15, 0.2) is 12.1 Å². The Kier molecular flexibility index (Phi) is 2.32. The van der Waals surface area contributed by atoms with Gasteiger partial charge < -0.3 is 24.4 Å². The summed E-state index contributed by atoms with van der Waals surface area (Å²) in [5.74, 6) is -0.722. The van der Waals surface area contributed by atoms with Gasteiger partial charge in [0, 0.05) is 0 Å². The van der Waals surface area contributed by atoms with E-state index in [2.05, 4.69) is 0 Å². The molecule has 2 heterocycles. The first kappa shape index (κ1) is 10.3. The molecular formula is C9H16O5. The van der Waals surface area contributed by atoms with Gasteiger partial charge in [0.05, 0.1) is 6.10 Å². The van der Waals surface area contributed by atoms with E-state index in [0.717, 1.165) is 0 Å². The van der Waals surface area contributed by atoms with Crippen LogP contribution in [0.2, 0.25) is 0 Å². The van der Waals surface area contributed by atoms with E-state index in [9.17, 15) is 10.2 Å². The molecule has 2 aliphatic rings. The van der Waals surface area contributed by atoms with Gasteiger partial charge in [-0.3, -0.25) is 0 Å². The van der Waals surface area contributed by atoms with Crippen molar-refractivity contribution in [1.29, 1.82) is 0 Å². The van der Waals surface area contributed by atoms with Crippen LogP contribution in [0.15, 0.2) is 0 Å². The highest BCUT2D eigenvalue weighted by molar-refractivity contribution is 4.94. The number of aliphatic hydroxyl groups excluding tert-OH is 2. The second kappa shape index (κ2) is 3.15. The Morgan fingerprint density at radius 3 is 2.43 bits per heavy atom. The summed E-state index contributed by atoms with van der Waals surface area (Å²) in [6, 6.07) is 0. The fourth-order valence-corrected chi connectivity index (χ4v) is 1.92. The monoisotopic (exact) mass is 204 g/mol. The topological polar surface area (TPSA) is 68.2 Å². The molecular weight excluding hydrogens is 188 g/mol. The largest absolute Gasteiger partial charge is 0.391 e. The van der Waals surface area contributed by atoms with Crippen LogP contribution in [0, 0.1) is 0 Å². The summed E-state index contributed by atoms with van der Waals surface area (Å²) in [5.41, 5.74) is 0. The molecule has 2 rings (SSSR count). The van der Waals surface area contributed by atoms with Crippen LogP contribution in [0.3, 0.4) is 0 Å². The molecule has 0 aromatic carbocycles. The molecule has 82 valence electrons. The number of hydrogen-bond acceptors (Lipinski definition) is 5. The highest BCUT2D eigenvalue weighted by Crippen LogP contribution is 2.37. The number of aliphatic hydroxyl groups is 2. The van der Waals surface area contributed by atoms with Crippen molar-refractivity contribution in [3.63, 3.8) is 0 Å². The Morgan fingerprint density at radius 2 is 1.93 bits per heavy atom. The second-order valence-electron chi connectivity index (χ2n) is 4.30. The van der Waals surface area contributed by atoms with E-state index in [4.69, 9.17) is 14.2 Å². The van der Waals surface area contributed by atoms with Crippen molar-refractivity contribution >= 4 is 0 Å². The first-order valence-corrected chi connectivity index (χ1v) is 4.78. The predicted molar refractivity (Wildman–Crippen MR) is 46.4 cm³/mol. The molecule has 5 unspecified atom stereocenters. The van der Waals surface area contributed by atoms with Gasteiger partial charge in [-0.05, 0) is 20.8 Å². The first-order chi connectivity index (χ1) is 6.41. The standard InChI is InChI=1S/C9H16O5/c1-4(10)6-5(11)7-8(12-6)14-9(2,3)13-7/h4-8,10-11H,1-3H3. The molecule has 2 fully saturated rings. The Morgan fingerprint density at radius 1 is 1.29 bits per heavy atom. The molecule has 0 aromatic rings. The van der Waals surface area contributed by atoms with E-state index < -0.39 is 36.5 Å². The first-order valence-electron chi connectivity index (χ1n) is 4.78. The molecule has 5 atom stereocenters. The fraction of sp³-hybridized carbons (Fsp3) is 1.00. The minimum atomic E-state index is -0.832. The van der Waals surface area contributed by atoms with Gasteiger partial charge >= 0.3 is 0 Å². The van der Waals surface area contributed by atoms with Crippen molar-refractivity contribution < 1.29 is 24.4 Å². The lowest BCUT2D eigenvalue weighted by Crippen LogP contribution is -2.39. The third-order valence-corrected chi connectivity index (χ3v) is 2.53. The van der Waals surface area contributed by atoms with Gasteiger partial charge in [-0.1, -0.05) is 0 Å². The molecule has 2 saturated heterocycles. The maximum absolute atomic E-state index is 9.77. The van der Waals surface area contributed by atoms with Gasteiger partial charge in [-0.2, -0.15) is 0 Å². The SMILES string of the molecule is CC(O)C1OC2OC(C)(C)OC2C1O. The maximum Gasteiger partial charge on any atom is 0.190 e. The summed E-state index contributed by atoms with van der Waals surface area (Å²) < 4.78 is 16.2. The third-order valence-electron chi connectivity index (χ3n) is 2.53. The summed E-state index contributed by atoms with van der Waals surface area (Å²) in [7, 11) is 0. The zero-order chi connectivity index (χ0) is 10.5. The summed E-state index contributed by atoms with van der Waals surface area (Å²) in [4.78, 5) is 0. The Bertz CT molecular complexity index is 225. The fourth-order valence-electron chi connectivity index (χ4n) is 1.92. The molecule has 0 bridgehead atoms. The number of ether oxygens (including phenoxy) is 3. The van der Waals surface area contributed by atoms with E-state index in [0.29, 0.717) is 0 Å². The molecule has 0 spiro atoms. The van der Waals surface area contributed by atoms with Crippen molar-refractivity contribution in [2.75, 3.05) is 0 Å². The molecule has 2 N–H and O–H groups in total. The van der Waals surface area contributed by atoms with Crippen LogP contribution in [0.25, 0.3) is 0 Å². The maximum atomic E-state index is 9.77. The van der Waals surface area contributed by atoms with Gasteiger partial charge in [0.1, 0.15) is 18.3 Å². The number of rotatable bonds is 1. The lowest BCUT2D eigenvalue weighted by Gasteiger charge is -2.24. The van der Waals surface area contributed by atoms with E-state index in [1.165, 1.54) is 0 Å².